The molecule has 0 aromatic carbocycles. The van der Waals surface area contributed by atoms with Gasteiger partial charge < -0.3 is 15.4 Å². The van der Waals surface area contributed by atoms with Crippen molar-refractivity contribution in [3.63, 3.8) is 0 Å². The summed E-state index contributed by atoms with van der Waals surface area (Å²) in [4.78, 5) is 6.60. The van der Waals surface area contributed by atoms with Gasteiger partial charge >= 0.3 is 0 Å². The van der Waals surface area contributed by atoms with Gasteiger partial charge in [-0.1, -0.05) is 0 Å². The smallest absolute Gasteiger partial charge is 0.214 e. The lowest BCUT2D eigenvalue weighted by atomic mass is 9.90. The monoisotopic (exact) mass is 249 g/mol. The molecule has 18 heavy (non-hydrogen) atoms. The van der Waals surface area contributed by atoms with Crippen molar-refractivity contribution < 1.29 is 4.74 Å². The van der Waals surface area contributed by atoms with E-state index in [1.165, 1.54) is 18.5 Å². The highest BCUT2D eigenvalue weighted by Crippen LogP contribution is 2.28. The van der Waals surface area contributed by atoms with Crippen LogP contribution in [-0.4, -0.2) is 30.7 Å². The second-order valence-corrected chi connectivity index (χ2v) is 4.91. The second-order valence-electron chi connectivity index (χ2n) is 4.91. The Morgan fingerprint density at radius 3 is 2.72 bits per heavy atom. The molecule has 1 saturated carbocycles. The van der Waals surface area contributed by atoms with E-state index in [0.717, 1.165) is 19.4 Å². The molecule has 100 valence electrons. The molecule has 0 amide bonds. The fraction of sp³-hybridized carbons (Fsp3) is 0.643. The Bertz CT molecular complexity index is 375. The average Bonchev–Trinajstić information content (AvgIpc) is 2.42. The van der Waals surface area contributed by atoms with Crippen LogP contribution in [-0.2, 0) is 0 Å². The Labute approximate surface area is 109 Å². The maximum atomic E-state index is 5.97. The molecular weight excluding hydrogens is 226 g/mol. The third-order valence-electron chi connectivity index (χ3n) is 3.78. The summed E-state index contributed by atoms with van der Waals surface area (Å²) in [5.41, 5.74) is 7.17. The largest absolute Gasteiger partial charge is 0.481 e. The zero-order valence-electron chi connectivity index (χ0n) is 11.3. The number of rotatable bonds is 4. The minimum absolute atomic E-state index is 0.395. The summed E-state index contributed by atoms with van der Waals surface area (Å²) >= 11 is 0. The summed E-state index contributed by atoms with van der Waals surface area (Å²) in [7, 11) is 1.65. The molecule has 4 nitrogen and oxygen atoms in total. The van der Waals surface area contributed by atoms with Crippen molar-refractivity contribution >= 4 is 5.69 Å². The number of nitrogens with two attached hydrogens (primary N) is 1. The van der Waals surface area contributed by atoms with Gasteiger partial charge in [0, 0.05) is 36.6 Å². The number of hydrogen-bond acceptors (Lipinski definition) is 4. The molecule has 1 aromatic heterocycles. The van der Waals surface area contributed by atoms with Crippen LogP contribution in [0.15, 0.2) is 18.3 Å². The first kappa shape index (κ1) is 13.1. The van der Waals surface area contributed by atoms with Gasteiger partial charge in [0.25, 0.3) is 0 Å². The van der Waals surface area contributed by atoms with Crippen LogP contribution in [0.4, 0.5) is 5.69 Å². The van der Waals surface area contributed by atoms with Gasteiger partial charge in [-0.3, -0.25) is 0 Å². The molecule has 1 heterocycles. The number of methoxy groups -OCH3 is 1. The van der Waals surface area contributed by atoms with E-state index >= 15 is 0 Å². The third kappa shape index (κ3) is 2.93. The van der Waals surface area contributed by atoms with Crippen LogP contribution in [0.5, 0.6) is 5.88 Å². The van der Waals surface area contributed by atoms with E-state index in [1.54, 1.807) is 7.11 Å². The lowest BCUT2D eigenvalue weighted by molar-refractivity contribution is 0.376. The van der Waals surface area contributed by atoms with Gasteiger partial charge in [0.1, 0.15) is 0 Å². The molecule has 2 rings (SSSR count). The van der Waals surface area contributed by atoms with Gasteiger partial charge in [-0.05, 0) is 38.7 Å². The number of nitrogens with zero attached hydrogens (tertiary/aromatic N) is 2. The molecule has 0 atom stereocenters. The standard InChI is InChI=1S/C14H23N3O/c1-3-17(12-6-4-11(15)5-7-12)13-8-9-16-14(10-13)18-2/h8-12H,3-7,15H2,1-2H3. The molecule has 0 saturated heterocycles. The van der Waals surface area contributed by atoms with Crippen LogP contribution < -0.4 is 15.4 Å². The fourth-order valence-electron chi connectivity index (χ4n) is 2.75. The quantitative estimate of drug-likeness (QED) is 0.888. The molecule has 4 heteroatoms. The van der Waals surface area contributed by atoms with E-state index in [4.69, 9.17) is 10.5 Å². The Morgan fingerprint density at radius 1 is 1.39 bits per heavy atom. The molecule has 0 aliphatic heterocycles. The second kappa shape index (κ2) is 6.05. The van der Waals surface area contributed by atoms with E-state index in [2.05, 4.69) is 22.9 Å². The molecule has 1 aliphatic carbocycles. The fourth-order valence-corrected chi connectivity index (χ4v) is 2.75. The number of hydrogen-bond donors (Lipinski definition) is 1. The van der Waals surface area contributed by atoms with Crippen molar-refractivity contribution in [1.29, 1.82) is 0 Å². The predicted molar refractivity (Wildman–Crippen MR) is 74.0 cm³/mol. The highest BCUT2D eigenvalue weighted by Gasteiger charge is 2.23. The van der Waals surface area contributed by atoms with Crippen LogP contribution in [0.25, 0.3) is 0 Å². The Morgan fingerprint density at radius 2 is 2.11 bits per heavy atom. The van der Waals surface area contributed by atoms with Crippen molar-refractivity contribution in [2.45, 2.75) is 44.7 Å². The minimum atomic E-state index is 0.395. The van der Waals surface area contributed by atoms with Crippen molar-refractivity contribution in [3.8, 4) is 5.88 Å². The SMILES string of the molecule is CCN(c1ccnc(OC)c1)C1CCC(N)CC1. The number of aromatic nitrogens is 1. The predicted octanol–water partition coefficient (Wildman–Crippen LogP) is 2.19. The highest BCUT2D eigenvalue weighted by molar-refractivity contribution is 5.49. The van der Waals surface area contributed by atoms with Crippen molar-refractivity contribution in [2.75, 3.05) is 18.6 Å². The molecule has 0 bridgehead atoms. The number of pyridine rings is 1. The van der Waals surface area contributed by atoms with E-state index in [1.807, 2.05) is 12.3 Å². The first-order valence-electron chi connectivity index (χ1n) is 6.77. The molecule has 0 unspecified atom stereocenters. The molecule has 0 spiro atoms. The Kier molecular flexibility index (Phi) is 4.42. The first-order chi connectivity index (χ1) is 8.74. The Balaban J connectivity index is 2.11. The zero-order chi connectivity index (χ0) is 13.0. The zero-order valence-corrected chi connectivity index (χ0v) is 11.3. The molecule has 2 N–H and O–H groups in total. The molecular formula is C14H23N3O. The van der Waals surface area contributed by atoms with Gasteiger partial charge in [-0.2, -0.15) is 0 Å². The first-order valence-corrected chi connectivity index (χ1v) is 6.77. The third-order valence-corrected chi connectivity index (χ3v) is 3.78. The summed E-state index contributed by atoms with van der Waals surface area (Å²) in [6.07, 6.45) is 6.43. The summed E-state index contributed by atoms with van der Waals surface area (Å²) < 4.78 is 5.20. The van der Waals surface area contributed by atoms with Crippen molar-refractivity contribution in [3.05, 3.63) is 18.3 Å². The summed E-state index contributed by atoms with van der Waals surface area (Å²) in [5.74, 6) is 0.679. The lowest BCUT2D eigenvalue weighted by Crippen LogP contribution is -2.40. The Hall–Kier alpha value is -1.29. The van der Waals surface area contributed by atoms with Crippen LogP contribution in [0.2, 0.25) is 0 Å². The van der Waals surface area contributed by atoms with E-state index < -0.39 is 0 Å². The maximum Gasteiger partial charge on any atom is 0.214 e. The van der Waals surface area contributed by atoms with Gasteiger partial charge in [-0.15, -0.1) is 0 Å². The molecule has 1 aliphatic rings. The van der Waals surface area contributed by atoms with Crippen molar-refractivity contribution in [2.24, 2.45) is 5.73 Å². The summed E-state index contributed by atoms with van der Waals surface area (Å²) in [6.45, 7) is 3.20. The van der Waals surface area contributed by atoms with Gasteiger partial charge in [0.05, 0.1) is 7.11 Å². The van der Waals surface area contributed by atoms with Crippen LogP contribution in [0, 0.1) is 0 Å². The topological polar surface area (TPSA) is 51.4 Å². The molecule has 1 fully saturated rings. The normalized spacial score (nSPS) is 23.7. The van der Waals surface area contributed by atoms with E-state index in [0.29, 0.717) is 18.0 Å². The van der Waals surface area contributed by atoms with E-state index in [9.17, 15) is 0 Å². The summed E-state index contributed by atoms with van der Waals surface area (Å²) in [6, 6.07) is 5.06. The minimum Gasteiger partial charge on any atom is -0.481 e. The molecule has 0 radical (unpaired) electrons. The maximum absolute atomic E-state index is 5.97. The van der Waals surface area contributed by atoms with Crippen molar-refractivity contribution in [1.82, 2.24) is 4.98 Å². The average molecular weight is 249 g/mol. The number of ether oxygens (including phenoxy) is 1. The van der Waals surface area contributed by atoms with E-state index in [-0.39, 0.29) is 0 Å². The highest BCUT2D eigenvalue weighted by atomic mass is 16.5. The molecule has 1 aromatic rings. The van der Waals surface area contributed by atoms with Gasteiger partial charge in [-0.25, -0.2) is 4.98 Å². The summed E-state index contributed by atoms with van der Waals surface area (Å²) in [5, 5.41) is 0. The van der Waals surface area contributed by atoms with Crippen LogP contribution in [0.1, 0.15) is 32.6 Å². The number of anilines is 1. The lowest BCUT2D eigenvalue weighted by Gasteiger charge is -2.37. The van der Waals surface area contributed by atoms with Gasteiger partial charge in [0.15, 0.2) is 0 Å². The van der Waals surface area contributed by atoms with Gasteiger partial charge in [0.2, 0.25) is 5.88 Å². The van der Waals surface area contributed by atoms with Crippen LogP contribution in [0.3, 0.4) is 0 Å². The van der Waals surface area contributed by atoms with Crippen LogP contribution >= 0.6 is 0 Å².